The molecule has 21 heavy (non-hydrogen) atoms. The summed E-state index contributed by atoms with van der Waals surface area (Å²) in [4.78, 5) is 26.3. The van der Waals surface area contributed by atoms with Crippen molar-refractivity contribution in [2.24, 2.45) is 5.84 Å². The first-order chi connectivity index (χ1) is 10.0. The van der Waals surface area contributed by atoms with Gasteiger partial charge in [-0.3, -0.25) is 20.8 Å². The average molecular weight is 328 g/mol. The highest BCUT2D eigenvalue weighted by Crippen LogP contribution is 2.32. The maximum absolute atomic E-state index is 12.0. The number of nitrogens with one attached hydrogen (secondary N) is 2. The molecular weight excluding hydrogens is 318 g/mol. The van der Waals surface area contributed by atoms with Gasteiger partial charge in [0.15, 0.2) is 0 Å². The lowest BCUT2D eigenvalue weighted by molar-refractivity contribution is -0.384. The van der Waals surface area contributed by atoms with Gasteiger partial charge in [0.1, 0.15) is 10.7 Å². The molecule has 1 aromatic heterocycles. The SMILES string of the molecule is NNc1c(Cl)cc(C(=O)NCc2nccs2)cc1[N+](=O)[O-]. The fourth-order valence-corrected chi connectivity index (χ4v) is 2.43. The van der Waals surface area contributed by atoms with Crippen molar-refractivity contribution in [3.8, 4) is 0 Å². The van der Waals surface area contributed by atoms with E-state index in [0.29, 0.717) is 0 Å². The summed E-state index contributed by atoms with van der Waals surface area (Å²) >= 11 is 7.28. The third-order valence-electron chi connectivity index (χ3n) is 2.56. The number of aromatic nitrogens is 1. The van der Waals surface area contributed by atoms with E-state index in [4.69, 9.17) is 17.4 Å². The molecule has 0 bridgehead atoms. The molecule has 0 saturated carbocycles. The quantitative estimate of drug-likeness (QED) is 0.438. The van der Waals surface area contributed by atoms with E-state index in [9.17, 15) is 14.9 Å². The molecule has 2 aromatic rings. The minimum absolute atomic E-state index is 0.00824. The minimum Gasteiger partial charge on any atom is -0.346 e. The number of hydrazine groups is 1. The van der Waals surface area contributed by atoms with Crippen LogP contribution in [0.3, 0.4) is 0 Å². The summed E-state index contributed by atoms with van der Waals surface area (Å²) in [6.07, 6.45) is 1.62. The van der Waals surface area contributed by atoms with Crippen LogP contribution in [0.4, 0.5) is 11.4 Å². The van der Waals surface area contributed by atoms with Gasteiger partial charge >= 0.3 is 0 Å². The number of hydrogen-bond acceptors (Lipinski definition) is 7. The fourth-order valence-electron chi connectivity index (χ4n) is 1.61. The molecule has 110 valence electrons. The Morgan fingerprint density at radius 1 is 1.52 bits per heavy atom. The number of carbonyl (C=O) groups excluding carboxylic acids is 1. The van der Waals surface area contributed by atoms with Crippen LogP contribution < -0.4 is 16.6 Å². The molecule has 0 saturated heterocycles. The summed E-state index contributed by atoms with van der Waals surface area (Å²) in [7, 11) is 0. The van der Waals surface area contributed by atoms with Crippen LogP contribution in [0.2, 0.25) is 5.02 Å². The van der Waals surface area contributed by atoms with E-state index in [2.05, 4.69) is 15.7 Å². The maximum atomic E-state index is 12.0. The van der Waals surface area contributed by atoms with Gasteiger partial charge in [0.05, 0.1) is 16.5 Å². The Balaban J connectivity index is 2.23. The third kappa shape index (κ3) is 3.45. The highest BCUT2D eigenvalue weighted by Gasteiger charge is 2.21. The molecule has 0 fully saturated rings. The van der Waals surface area contributed by atoms with E-state index in [1.807, 2.05) is 0 Å². The minimum atomic E-state index is -0.668. The zero-order valence-corrected chi connectivity index (χ0v) is 12.1. The Hall–Kier alpha value is -2.23. The van der Waals surface area contributed by atoms with Crippen LogP contribution in [0.25, 0.3) is 0 Å². The molecule has 0 aliphatic heterocycles. The Bertz CT molecular complexity index is 677. The first kappa shape index (κ1) is 15.2. The van der Waals surface area contributed by atoms with Crippen molar-refractivity contribution < 1.29 is 9.72 Å². The van der Waals surface area contributed by atoms with Crippen LogP contribution in [0.15, 0.2) is 23.7 Å². The van der Waals surface area contributed by atoms with Gasteiger partial charge in [-0.25, -0.2) is 4.98 Å². The van der Waals surface area contributed by atoms with Crippen LogP contribution in [-0.2, 0) is 6.54 Å². The largest absolute Gasteiger partial charge is 0.346 e. The Kier molecular flexibility index (Phi) is 4.68. The summed E-state index contributed by atoms with van der Waals surface area (Å²) in [6, 6.07) is 2.42. The fraction of sp³-hybridized carbons (Fsp3) is 0.0909. The summed E-state index contributed by atoms with van der Waals surface area (Å²) in [6.45, 7) is 0.235. The number of thiazole rings is 1. The van der Waals surface area contributed by atoms with E-state index in [1.165, 1.54) is 17.4 Å². The normalized spacial score (nSPS) is 10.2. The predicted octanol–water partition coefficient (Wildman–Crippen LogP) is 1.92. The molecule has 0 aliphatic rings. The molecule has 8 nitrogen and oxygen atoms in total. The summed E-state index contributed by atoms with van der Waals surface area (Å²) < 4.78 is 0. The zero-order chi connectivity index (χ0) is 15.4. The van der Waals surface area contributed by atoms with Crippen molar-refractivity contribution in [3.05, 3.63) is 49.4 Å². The molecule has 0 atom stereocenters. The highest BCUT2D eigenvalue weighted by atomic mass is 35.5. The van der Waals surface area contributed by atoms with E-state index < -0.39 is 10.8 Å². The number of amides is 1. The second-order valence-corrected chi connectivity index (χ2v) is 5.25. The number of carbonyl (C=O) groups is 1. The van der Waals surface area contributed by atoms with E-state index >= 15 is 0 Å². The van der Waals surface area contributed by atoms with Crippen LogP contribution in [0.1, 0.15) is 15.4 Å². The van der Waals surface area contributed by atoms with Crippen LogP contribution in [-0.4, -0.2) is 15.8 Å². The van der Waals surface area contributed by atoms with Gasteiger partial charge in [-0.05, 0) is 6.07 Å². The summed E-state index contributed by atoms with van der Waals surface area (Å²) in [5, 5.41) is 16.1. The molecule has 4 N–H and O–H groups in total. The maximum Gasteiger partial charge on any atom is 0.295 e. The number of benzene rings is 1. The van der Waals surface area contributed by atoms with Gasteiger partial charge in [-0.2, -0.15) is 0 Å². The molecule has 0 aliphatic carbocycles. The van der Waals surface area contributed by atoms with Crippen molar-refractivity contribution in [3.63, 3.8) is 0 Å². The monoisotopic (exact) mass is 327 g/mol. The van der Waals surface area contributed by atoms with Crippen molar-refractivity contribution in [2.75, 3.05) is 5.43 Å². The molecule has 0 radical (unpaired) electrons. The van der Waals surface area contributed by atoms with Gasteiger partial charge < -0.3 is 10.7 Å². The standard InChI is InChI=1S/C11H10ClN5O3S/c12-7-3-6(4-8(17(19)20)10(7)16-13)11(18)15-5-9-14-1-2-21-9/h1-4,16H,5,13H2,(H,15,18). The van der Waals surface area contributed by atoms with Crippen molar-refractivity contribution in [1.82, 2.24) is 10.3 Å². The summed E-state index contributed by atoms with van der Waals surface area (Å²) in [5.74, 6) is 4.70. The van der Waals surface area contributed by atoms with Crippen LogP contribution in [0.5, 0.6) is 0 Å². The highest BCUT2D eigenvalue weighted by molar-refractivity contribution is 7.09. The number of nitrogens with zero attached hydrogens (tertiary/aromatic N) is 2. The number of hydrogen-bond donors (Lipinski definition) is 3. The second kappa shape index (κ2) is 6.48. The van der Waals surface area contributed by atoms with Crippen LogP contribution >= 0.6 is 22.9 Å². The number of nitro groups is 1. The van der Waals surface area contributed by atoms with E-state index in [-0.39, 0.29) is 28.5 Å². The number of anilines is 1. The third-order valence-corrected chi connectivity index (χ3v) is 3.63. The molecule has 1 heterocycles. The zero-order valence-electron chi connectivity index (χ0n) is 10.5. The topological polar surface area (TPSA) is 123 Å². The lowest BCUT2D eigenvalue weighted by atomic mass is 10.1. The van der Waals surface area contributed by atoms with Crippen LogP contribution in [0, 0.1) is 10.1 Å². The molecule has 1 aromatic carbocycles. The lowest BCUT2D eigenvalue weighted by Gasteiger charge is -2.08. The Labute approximate surface area is 128 Å². The molecule has 0 unspecified atom stereocenters. The number of halogens is 1. The average Bonchev–Trinajstić information content (AvgIpc) is 2.96. The van der Waals surface area contributed by atoms with Gasteiger partial charge in [0, 0.05) is 23.2 Å². The van der Waals surface area contributed by atoms with E-state index in [1.54, 1.807) is 11.6 Å². The van der Waals surface area contributed by atoms with Crippen molar-refractivity contribution in [2.45, 2.75) is 6.54 Å². The number of nitrogens with two attached hydrogens (primary N) is 1. The molecular formula is C11H10ClN5O3S. The smallest absolute Gasteiger partial charge is 0.295 e. The van der Waals surface area contributed by atoms with Gasteiger partial charge in [-0.15, -0.1) is 11.3 Å². The van der Waals surface area contributed by atoms with Gasteiger partial charge in [0.25, 0.3) is 11.6 Å². The molecule has 2 rings (SSSR count). The Morgan fingerprint density at radius 2 is 2.29 bits per heavy atom. The van der Waals surface area contributed by atoms with Gasteiger partial charge in [-0.1, -0.05) is 11.6 Å². The van der Waals surface area contributed by atoms with Crippen molar-refractivity contribution >= 4 is 40.2 Å². The molecule has 10 heteroatoms. The second-order valence-electron chi connectivity index (χ2n) is 3.86. The first-order valence-electron chi connectivity index (χ1n) is 5.64. The van der Waals surface area contributed by atoms with Gasteiger partial charge in [0.2, 0.25) is 0 Å². The predicted molar refractivity (Wildman–Crippen MR) is 79.2 cm³/mol. The van der Waals surface area contributed by atoms with Crippen molar-refractivity contribution in [1.29, 1.82) is 0 Å². The molecule has 1 amide bonds. The molecule has 0 spiro atoms. The number of rotatable bonds is 5. The van der Waals surface area contributed by atoms with E-state index in [0.717, 1.165) is 11.1 Å². The summed E-state index contributed by atoms with van der Waals surface area (Å²) in [5.41, 5.74) is 1.81. The number of nitrogen functional groups attached to an aromatic ring is 1. The lowest BCUT2D eigenvalue weighted by Crippen LogP contribution is -2.23. The number of nitro benzene ring substituents is 1. The Morgan fingerprint density at radius 3 is 2.86 bits per heavy atom. The first-order valence-corrected chi connectivity index (χ1v) is 6.89.